The molecule has 0 aromatic heterocycles. The van der Waals surface area contributed by atoms with Crippen molar-refractivity contribution in [3.63, 3.8) is 0 Å². The summed E-state index contributed by atoms with van der Waals surface area (Å²) in [6.45, 7) is 5.38. The zero-order valence-electron chi connectivity index (χ0n) is 12.2. The number of aryl methyl sites for hydroxylation is 1. The Balaban J connectivity index is 1.91. The highest BCUT2D eigenvalue weighted by Crippen LogP contribution is 2.20. The third-order valence-corrected chi connectivity index (χ3v) is 4.04. The molecule has 2 rings (SSSR count). The van der Waals surface area contributed by atoms with Crippen LogP contribution < -0.4 is 5.32 Å². The Kier molecular flexibility index (Phi) is 5.81. The van der Waals surface area contributed by atoms with Crippen LogP contribution in [0.4, 0.5) is 0 Å². The van der Waals surface area contributed by atoms with Gasteiger partial charge in [0.2, 0.25) is 0 Å². The summed E-state index contributed by atoms with van der Waals surface area (Å²) < 4.78 is 1.15. The number of hydrogen-bond donors (Lipinski definition) is 1. The fourth-order valence-electron chi connectivity index (χ4n) is 2.48. The second kappa shape index (κ2) is 7.61. The highest BCUT2D eigenvalue weighted by molar-refractivity contribution is 9.10. The summed E-state index contributed by atoms with van der Waals surface area (Å²) in [5.41, 5.74) is 4.09. The molecule has 0 bridgehead atoms. The number of hydrogen-bond acceptors (Lipinski definition) is 1. The summed E-state index contributed by atoms with van der Waals surface area (Å²) in [5, 5.41) is 3.66. The molecule has 0 aliphatic carbocycles. The second-order valence-electron chi connectivity index (χ2n) is 5.21. The van der Waals surface area contributed by atoms with Crippen molar-refractivity contribution in [1.82, 2.24) is 5.32 Å². The smallest absolute Gasteiger partial charge is 0.0318 e. The standard InChI is InChI=1S/C18H22BrN/c1-3-18(16-8-5-9-17(19)13-16)20-11-10-15-7-4-6-14(2)12-15/h4-9,12-13,18,20H,3,10-11H2,1-2H3. The molecule has 20 heavy (non-hydrogen) atoms. The second-order valence-corrected chi connectivity index (χ2v) is 6.12. The van der Waals surface area contributed by atoms with Gasteiger partial charge in [-0.25, -0.2) is 0 Å². The molecule has 2 aromatic rings. The molecule has 0 spiro atoms. The average Bonchev–Trinajstić information content (AvgIpc) is 2.44. The van der Waals surface area contributed by atoms with E-state index < -0.39 is 0 Å². The van der Waals surface area contributed by atoms with Gasteiger partial charge in [0.25, 0.3) is 0 Å². The molecule has 1 nitrogen and oxygen atoms in total. The van der Waals surface area contributed by atoms with Crippen molar-refractivity contribution in [2.45, 2.75) is 32.7 Å². The highest BCUT2D eigenvalue weighted by Gasteiger charge is 2.08. The Bertz CT molecular complexity index is 551. The van der Waals surface area contributed by atoms with Crippen LogP contribution in [0.5, 0.6) is 0 Å². The average molecular weight is 332 g/mol. The first-order chi connectivity index (χ1) is 9.69. The first-order valence-corrected chi connectivity index (χ1v) is 8.02. The summed E-state index contributed by atoms with van der Waals surface area (Å²) in [5.74, 6) is 0. The van der Waals surface area contributed by atoms with Crippen molar-refractivity contribution in [3.05, 3.63) is 69.7 Å². The quantitative estimate of drug-likeness (QED) is 0.781. The molecule has 1 atom stereocenters. The molecule has 1 unspecified atom stereocenters. The van der Waals surface area contributed by atoms with Crippen LogP contribution in [0.2, 0.25) is 0 Å². The predicted molar refractivity (Wildman–Crippen MR) is 90.1 cm³/mol. The maximum atomic E-state index is 3.66. The van der Waals surface area contributed by atoms with E-state index >= 15 is 0 Å². The van der Waals surface area contributed by atoms with E-state index in [2.05, 4.69) is 83.6 Å². The van der Waals surface area contributed by atoms with E-state index in [0.717, 1.165) is 23.9 Å². The summed E-state index contributed by atoms with van der Waals surface area (Å²) in [6, 6.07) is 17.7. The van der Waals surface area contributed by atoms with Crippen molar-refractivity contribution < 1.29 is 0 Å². The van der Waals surface area contributed by atoms with Crippen molar-refractivity contribution in [3.8, 4) is 0 Å². The minimum atomic E-state index is 0.428. The van der Waals surface area contributed by atoms with Crippen LogP contribution in [0.25, 0.3) is 0 Å². The fraction of sp³-hybridized carbons (Fsp3) is 0.333. The van der Waals surface area contributed by atoms with Crippen LogP contribution in [-0.2, 0) is 6.42 Å². The number of rotatable bonds is 6. The minimum absolute atomic E-state index is 0.428. The topological polar surface area (TPSA) is 12.0 Å². The van der Waals surface area contributed by atoms with Crippen molar-refractivity contribution in [1.29, 1.82) is 0 Å². The molecule has 0 heterocycles. The Morgan fingerprint density at radius 3 is 2.60 bits per heavy atom. The van der Waals surface area contributed by atoms with Gasteiger partial charge in [-0.15, -0.1) is 0 Å². The molecule has 2 heteroatoms. The van der Waals surface area contributed by atoms with Gasteiger partial charge in [-0.3, -0.25) is 0 Å². The lowest BCUT2D eigenvalue weighted by atomic mass is 10.0. The lowest BCUT2D eigenvalue weighted by Gasteiger charge is -2.18. The molecule has 0 amide bonds. The normalized spacial score (nSPS) is 12.3. The van der Waals surface area contributed by atoms with Gasteiger partial charge in [-0.1, -0.05) is 64.8 Å². The summed E-state index contributed by atoms with van der Waals surface area (Å²) >= 11 is 3.54. The van der Waals surface area contributed by atoms with Crippen LogP contribution >= 0.6 is 15.9 Å². The van der Waals surface area contributed by atoms with E-state index in [0.29, 0.717) is 6.04 Å². The zero-order valence-corrected chi connectivity index (χ0v) is 13.8. The van der Waals surface area contributed by atoms with Gasteiger partial charge in [0, 0.05) is 10.5 Å². The van der Waals surface area contributed by atoms with Crippen LogP contribution in [0.1, 0.15) is 36.1 Å². The Labute approximate surface area is 130 Å². The maximum absolute atomic E-state index is 3.66. The van der Waals surface area contributed by atoms with Crippen LogP contribution in [0, 0.1) is 6.92 Å². The first-order valence-electron chi connectivity index (χ1n) is 7.23. The van der Waals surface area contributed by atoms with Gasteiger partial charge in [0.15, 0.2) is 0 Å². The lowest BCUT2D eigenvalue weighted by Crippen LogP contribution is -2.23. The third kappa shape index (κ3) is 4.46. The van der Waals surface area contributed by atoms with Crippen molar-refractivity contribution in [2.75, 3.05) is 6.54 Å². The Morgan fingerprint density at radius 1 is 1.10 bits per heavy atom. The van der Waals surface area contributed by atoms with E-state index in [1.165, 1.54) is 16.7 Å². The minimum Gasteiger partial charge on any atom is -0.310 e. The van der Waals surface area contributed by atoms with Gasteiger partial charge in [-0.2, -0.15) is 0 Å². The van der Waals surface area contributed by atoms with Crippen LogP contribution in [0.3, 0.4) is 0 Å². The molecule has 0 saturated heterocycles. The molecular formula is C18H22BrN. The summed E-state index contributed by atoms with van der Waals surface area (Å²) in [4.78, 5) is 0. The monoisotopic (exact) mass is 331 g/mol. The molecule has 0 saturated carbocycles. The molecule has 106 valence electrons. The molecule has 0 fully saturated rings. The third-order valence-electron chi connectivity index (χ3n) is 3.55. The van der Waals surface area contributed by atoms with Crippen LogP contribution in [0.15, 0.2) is 53.0 Å². The Morgan fingerprint density at radius 2 is 1.90 bits per heavy atom. The van der Waals surface area contributed by atoms with Crippen LogP contribution in [-0.4, -0.2) is 6.54 Å². The van der Waals surface area contributed by atoms with Crippen molar-refractivity contribution >= 4 is 15.9 Å². The number of nitrogens with one attached hydrogen (secondary N) is 1. The van der Waals surface area contributed by atoms with E-state index in [1.807, 2.05) is 0 Å². The van der Waals surface area contributed by atoms with Gasteiger partial charge in [-0.05, 0) is 49.6 Å². The molecule has 0 aliphatic heterocycles. The molecule has 0 radical (unpaired) electrons. The van der Waals surface area contributed by atoms with Gasteiger partial charge in [0.05, 0.1) is 0 Å². The molecule has 2 aromatic carbocycles. The molecular weight excluding hydrogens is 310 g/mol. The van der Waals surface area contributed by atoms with Gasteiger partial charge >= 0.3 is 0 Å². The summed E-state index contributed by atoms with van der Waals surface area (Å²) in [7, 11) is 0. The fourth-order valence-corrected chi connectivity index (χ4v) is 2.90. The SMILES string of the molecule is CCC(NCCc1cccc(C)c1)c1cccc(Br)c1. The first kappa shape index (κ1) is 15.3. The number of benzene rings is 2. The largest absolute Gasteiger partial charge is 0.310 e. The van der Waals surface area contributed by atoms with Gasteiger partial charge < -0.3 is 5.32 Å². The molecule has 0 aliphatic rings. The van der Waals surface area contributed by atoms with E-state index in [4.69, 9.17) is 0 Å². The zero-order chi connectivity index (χ0) is 14.4. The van der Waals surface area contributed by atoms with E-state index in [1.54, 1.807) is 0 Å². The predicted octanol–water partition coefficient (Wildman–Crippen LogP) is 5.04. The van der Waals surface area contributed by atoms with E-state index in [-0.39, 0.29) is 0 Å². The highest BCUT2D eigenvalue weighted by atomic mass is 79.9. The number of halogens is 1. The Hall–Kier alpha value is -1.12. The van der Waals surface area contributed by atoms with E-state index in [9.17, 15) is 0 Å². The lowest BCUT2D eigenvalue weighted by molar-refractivity contribution is 0.522. The van der Waals surface area contributed by atoms with Gasteiger partial charge in [0.1, 0.15) is 0 Å². The summed E-state index contributed by atoms with van der Waals surface area (Å²) in [6.07, 6.45) is 2.18. The maximum Gasteiger partial charge on any atom is 0.0318 e. The van der Waals surface area contributed by atoms with Crippen molar-refractivity contribution in [2.24, 2.45) is 0 Å². The molecule has 1 N–H and O–H groups in total.